The van der Waals surface area contributed by atoms with Gasteiger partial charge >= 0.3 is 0 Å². The largest absolute Gasteiger partial charge is 0.360 e. The zero-order valence-corrected chi connectivity index (χ0v) is 17.0. The van der Waals surface area contributed by atoms with E-state index >= 15 is 0 Å². The standard InChI is InChI=1S/C19H25N5O3S/c1-3-23-7-6-15-14(10-23)17(27-22-15)13-4-8-24(9-5-13)18(26)16-11-28-19(21-16)20-12(2)25/h11,13H,3-10H2,1-2H3,(H,20,21,25). The Bertz CT molecular complexity index is 869. The molecule has 4 rings (SSSR count). The van der Waals surface area contributed by atoms with Crippen LogP contribution in [-0.2, 0) is 17.8 Å². The number of thiazole rings is 1. The molecular formula is C19H25N5O3S. The number of piperidine rings is 1. The molecule has 2 amide bonds. The van der Waals surface area contributed by atoms with E-state index in [4.69, 9.17) is 4.52 Å². The van der Waals surface area contributed by atoms with Gasteiger partial charge < -0.3 is 14.7 Å². The van der Waals surface area contributed by atoms with Crippen molar-refractivity contribution in [3.63, 3.8) is 0 Å². The third kappa shape index (κ3) is 3.81. The van der Waals surface area contributed by atoms with Crippen molar-refractivity contribution in [2.45, 2.75) is 45.6 Å². The molecule has 0 aliphatic carbocycles. The number of fused-ring (bicyclic) bond motifs is 1. The van der Waals surface area contributed by atoms with Gasteiger partial charge in [-0.1, -0.05) is 12.1 Å². The third-order valence-corrected chi connectivity index (χ3v) is 6.31. The first kappa shape index (κ1) is 19.1. The number of carbonyl (C=O) groups excluding carboxylic acids is 2. The van der Waals surface area contributed by atoms with Crippen molar-refractivity contribution >= 4 is 28.3 Å². The fourth-order valence-electron chi connectivity index (χ4n) is 3.97. The van der Waals surface area contributed by atoms with Crippen molar-refractivity contribution in [3.8, 4) is 0 Å². The molecule has 1 fully saturated rings. The average molecular weight is 404 g/mol. The van der Waals surface area contributed by atoms with Gasteiger partial charge in [0.25, 0.3) is 5.91 Å². The van der Waals surface area contributed by atoms with Crippen molar-refractivity contribution in [3.05, 3.63) is 28.1 Å². The lowest BCUT2D eigenvalue weighted by atomic mass is 9.90. The number of likely N-dealkylation sites (N-methyl/N-ethyl adjacent to an activating group) is 1. The number of nitrogens with zero attached hydrogens (tertiary/aromatic N) is 4. The van der Waals surface area contributed by atoms with E-state index in [1.54, 1.807) is 5.38 Å². The summed E-state index contributed by atoms with van der Waals surface area (Å²) in [5.41, 5.74) is 2.76. The molecule has 0 unspecified atom stereocenters. The Labute approximate surface area is 167 Å². The van der Waals surface area contributed by atoms with Gasteiger partial charge in [-0.3, -0.25) is 14.5 Å². The van der Waals surface area contributed by atoms with Gasteiger partial charge in [0, 0.05) is 56.4 Å². The van der Waals surface area contributed by atoms with Crippen molar-refractivity contribution in [2.24, 2.45) is 0 Å². The minimum Gasteiger partial charge on any atom is -0.360 e. The van der Waals surface area contributed by atoms with Gasteiger partial charge in [-0.15, -0.1) is 11.3 Å². The molecule has 9 heteroatoms. The monoisotopic (exact) mass is 403 g/mol. The maximum atomic E-state index is 12.7. The SMILES string of the molecule is CCN1CCc2noc(C3CCN(C(=O)c4csc(NC(C)=O)n4)CC3)c2C1. The molecule has 0 radical (unpaired) electrons. The highest BCUT2D eigenvalue weighted by Gasteiger charge is 2.32. The highest BCUT2D eigenvalue weighted by atomic mass is 32.1. The van der Waals surface area contributed by atoms with Gasteiger partial charge in [-0.25, -0.2) is 4.98 Å². The Morgan fingerprint density at radius 3 is 2.82 bits per heavy atom. The molecule has 1 N–H and O–H groups in total. The lowest BCUT2D eigenvalue weighted by Crippen LogP contribution is -2.38. The first-order chi connectivity index (χ1) is 13.5. The predicted molar refractivity (Wildman–Crippen MR) is 105 cm³/mol. The highest BCUT2D eigenvalue weighted by molar-refractivity contribution is 7.14. The fraction of sp³-hybridized carbons (Fsp3) is 0.579. The van der Waals surface area contributed by atoms with Crippen LogP contribution in [0.5, 0.6) is 0 Å². The van der Waals surface area contributed by atoms with Crippen LogP contribution in [0.15, 0.2) is 9.90 Å². The van der Waals surface area contributed by atoms with Crippen LogP contribution in [0.2, 0.25) is 0 Å². The van der Waals surface area contributed by atoms with Gasteiger partial charge in [0.15, 0.2) is 5.13 Å². The minimum absolute atomic E-state index is 0.0805. The van der Waals surface area contributed by atoms with Gasteiger partial charge in [0.2, 0.25) is 5.91 Å². The molecule has 0 aromatic carbocycles. The van der Waals surface area contributed by atoms with Crippen LogP contribution in [0.25, 0.3) is 0 Å². The molecule has 8 nitrogen and oxygen atoms in total. The summed E-state index contributed by atoms with van der Waals surface area (Å²) in [7, 11) is 0. The Kier molecular flexibility index (Phi) is 5.45. The van der Waals surface area contributed by atoms with Crippen LogP contribution in [0.1, 0.15) is 60.1 Å². The molecule has 2 aromatic rings. The van der Waals surface area contributed by atoms with E-state index in [0.29, 0.717) is 29.8 Å². The van der Waals surface area contributed by atoms with Crippen LogP contribution in [0.4, 0.5) is 5.13 Å². The molecule has 0 atom stereocenters. The van der Waals surface area contributed by atoms with E-state index in [1.807, 2.05) is 4.90 Å². The zero-order chi connectivity index (χ0) is 19.7. The van der Waals surface area contributed by atoms with E-state index in [-0.39, 0.29) is 11.8 Å². The van der Waals surface area contributed by atoms with Gasteiger partial charge in [0.1, 0.15) is 11.5 Å². The first-order valence-electron chi connectivity index (χ1n) is 9.77. The second-order valence-electron chi connectivity index (χ2n) is 7.38. The molecule has 28 heavy (non-hydrogen) atoms. The van der Waals surface area contributed by atoms with Crippen LogP contribution < -0.4 is 5.32 Å². The molecule has 0 spiro atoms. The number of likely N-dealkylation sites (tertiary alicyclic amines) is 1. The van der Waals surface area contributed by atoms with E-state index in [2.05, 4.69) is 27.3 Å². The normalized spacial score (nSPS) is 18.1. The zero-order valence-electron chi connectivity index (χ0n) is 16.2. The number of anilines is 1. The molecule has 2 aromatic heterocycles. The Balaban J connectivity index is 1.39. The molecule has 150 valence electrons. The van der Waals surface area contributed by atoms with Gasteiger partial charge in [-0.05, 0) is 19.4 Å². The number of nitrogens with one attached hydrogen (secondary N) is 1. The number of aromatic nitrogens is 2. The maximum absolute atomic E-state index is 12.7. The highest BCUT2D eigenvalue weighted by Crippen LogP contribution is 2.34. The van der Waals surface area contributed by atoms with E-state index in [9.17, 15) is 9.59 Å². The molecule has 4 heterocycles. The lowest BCUT2D eigenvalue weighted by molar-refractivity contribution is -0.114. The lowest BCUT2D eigenvalue weighted by Gasteiger charge is -2.31. The van der Waals surface area contributed by atoms with Crippen LogP contribution in [-0.4, -0.2) is 57.9 Å². The molecule has 0 saturated carbocycles. The number of hydrogen-bond donors (Lipinski definition) is 1. The number of rotatable bonds is 4. The van der Waals surface area contributed by atoms with Gasteiger partial charge in [0.05, 0.1) is 5.69 Å². The molecule has 1 saturated heterocycles. The van der Waals surface area contributed by atoms with Gasteiger partial charge in [-0.2, -0.15) is 0 Å². The number of carbonyl (C=O) groups is 2. The Hall–Kier alpha value is -2.26. The number of amides is 2. The van der Waals surface area contributed by atoms with Crippen LogP contribution in [0.3, 0.4) is 0 Å². The topological polar surface area (TPSA) is 91.6 Å². The van der Waals surface area contributed by atoms with Crippen molar-refractivity contribution in [1.82, 2.24) is 19.9 Å². The van der Waals surface area contributed by atoms with E-state index in [1.165, 1.54) is 23.8 Å². The summed E-state index contributed by atoms with van der Waals surface area (Å²) in [4.78, 5) is 32.3. The fourth-order valence-corrected chi connectivity index (χ4v) is 4.70. The maximum Gasteiger partial charge on any atom is 0.273 e. The number of hydrogen-bond acceptors (Lipinski definition) is 7. The smallest absolute Gasteiger partial charge is 0.273 e. The second kappa shape index (κ2) is 8.00. The van der Waals surface area contributed by atoms with E-state index in [0.717, 1.165) is 50.4 Å². The average Bonchev–Trinajstić information content (AvgIpc) is 3.33. The Morgan fingerprint density at radius 1 is 1.32 bits per heavy atom. The summed E-state index contributed by atoms with van der Waals surface area (Å²) in [5, 5.41) is 9.08. The van der Waals surface area contributed by atoms with Crippen LogP contribution in [0, 0.1) is 0 Å². The quantitative estimate of drug-likeness (QED) is 0.843. The second-order valence-corrected chi connectivity index (χ2v) is 8.23. The predicted octanol–water partition coefficient (Wildman–Crippen LogP) is 2.49. The molecular weight excluding hydrogens is 378 g/mol. The first-order valence-corrected chi connectivity index (χ1v) is 10.6. The summed E-state index contributed by atoms with van der Waals surface area (Å²) in [6, 6.07) is 0. The summed E-state index contributed by atoms with van der Waals surface area (Å²) in [5.74, 6) is 1.05. The van der Waals surface area contributed by atoms with Crippen LogP contribution >= 0.6 is 11.3 Å². The summed E-state index contributed by atoms with van der Waals surface area (Å²) >= 11 is 1.27. The molecule has 2 aliphatic rings. The van der Waals surface area contributed by atoms with E-state index < -0.39 is 0 Å². The third-order valence-electron chi connectivity index (χ3n) is 5.55. The van der Waals surface area contributed by atoms with Crippen molar-refractivity contribution in [2.75, 3.05) is 31.5 Å². The summed E-state index contributed by atoms with van der Waals surface area (Å²) < 4.78 is 5.74. The Morgan fingerprint density at radius 2 is 2.11 bits per heavy atom. The van der Waals surface area contributed by atoms with Crippen molar-refractivity contribution < 1.29 is 14.1 Å². The summed E-state index contributed by atoms with van der Waals surface area (Å²) in [6.07, 6.45) is 2.68. The molecule has 2 aliphatic heterocycles. The summed E-state index contributed by atoms with van der Waals surface area (Å²) in [6.45, 7) is 7.93. The minimum atomic E-state index is -0.189. The molecule has 0 bridgehead atoms. The van der Waals surface area contributed by atoms with Crippen molar-refractivity contribution in [1.29, 1.82) is 0 Å².